The molecule has 2 aromatic heterocycles. The molecule has 0 unspecified atom stereocenters. The molecule has 0 saturated carbocycles. The number of sulfonamides is 1. The van der Waals surface area contributed by atoms with Crippen LogP contribution in [-0.2, 0) is 34.1 Å². The second kappa shape index (κ2) is 13.4. The van der Waals surface area contributed by atoms with Crippen LogP contribution in [0.3, 0.4) is 0 Å². The Kier molecular flexibility index (Phi) is 9.44. The normalized spacial score (nSPS) is 11.5. The Morgan fingerprint density at radius 3 is 2.32 bits per heavy atom. The predicted molar refractivity (Wildman–Crippen MR) is 173 cm³/mol. The van der Waals surface area contributed by atoms with Crippen LogP contribution in [0.2, 0.25) is 0 Å². The summed E-state index contributed by atoms with van der Waals surface area (Å²) in [6, 6.07) is 25.1. The molecular weight excluding hydrogens is 572 g/mol. The largest absolute Gasteiger partial charge is 0.449 e. The van der Waals surface area contributed by atoms with E-state index in [1.54, 1.807) is 12.1 Å². The number of carbonyl (C=O) groups excluding carboxylic acids is 1. The van der Waals surface area contributed by atoms with Crippen LogP contribution in [0.15, 0.2) is 83.8 Å². The van der Waals surface area contributed by atoms with E-state index in [2.05, 4.69) is 23.1 Å². The first kappa shape index (κ1) is 30.9. The maximum atomic E-state index is 13.4. The maximum absolute atomic E-state index is 13.4. The van der Waals surface area contributed by atoms with Crippen LogP contribution in [0.5, 0.6) is 0 Å². The van der Waals surface area contributed by atoms with E-state index in [0.717, 1.165) is 63.3 Å². The minimum Gasteiger partial charge on any atom is -0.449 e. The zero-order valence-corrected chi connectivity index (χ0v) is 26.4. The number of rotatable bonds is 11. The molecule has 5 rings (SSSR count). The van der Waals surface area contributed by atoms with Crippen LogP contribution in [0.25, 0.3) is 22.3 Å². The Morgan fingerprint density at radius 1 is 0.886 bits per heavy atom. The van der Waals surface area contributed by atoms with E-state index >= 15 is 0 Å². The van der Waals surface area contributed by atoms with Crippen molar-refractivity contribution in [3.05, 3.63) is 113 Å². The van der Waals surface area contributed by atoms with E-state index in [1.807, 2.05) is 80.6 Å². The van der Waals surface area contributed by atoms with Crippen molar-refractivity contribution in [1.29, 1.82) is 0 Å². The first-order chi connectivity index (χ1) is 21.2. The summed E-state index contributed by atoms with van der Waals surface area (Å²) in [6.45, 7) is 8.83. The number of aromatic nitrogens is 3. The molecule has 0 spiro atoms. The number of hydrogen-bond donors (Lipinski definition) is 1. The smallest absolute Gasteiger partial charge is 0.421 e. The molecule has 0 saturated heterocycles. The molecular formula is C35H38N4O4S. The van der Waals surface area contributed by atoms with E-state index in [1.165, 1.54) is 0 Å². The SMILES string of the molecule is CCCCOC(=O)NS(=O)(=O)c1ccc(Cc2ccccc2)cc1-c1ccc(Cn2c(CC)nc3c(C)cc(C)nc32)cc1. The highest BCUT2D eigenvalue weighted by atomic mass is 32.2. The Balaban J connectivity index is 1.49. The molecule has 1 N–H and O–H groups in total. The van der Waals surface area contributed by atoms with E-state index in [9.17, 15) is 13.2 Å². The minimum absolute atomic E-state index is 0.0125. The fraction of sp³-hybridized carbons (Fsp3) is 0.286. The number of aryl methyl sites for hydroxylation is 3. The molecule has 3 aromatic carbocycles. The zero-order valence-electron chi connectivity index (χ0n) is 25.6. The van der Waals surface area contributed by atoms with Crippen molar-refractivity contribution >= 4 is 27.3 Å². The van der Waals surface area contributed by atoms with Gasteiger partial charge in [-0.05, 0) is 72.7 Å². The second-order valence-electron chi connectivity index (χ2n) is 11.0. The highest BCUT2D eigenvalue weighted by Gasteiger charge is 2.23. The minimum atomic E-state index is -4.20. The van der Waals surface area contributed by atoms with Gasteiger partial charge in [0.2, 0.25) is 0 Å². The zero-order chi connectivity index (χ0) is 31.3. The Hall–Kier alpha value is -4.50. The van der Waals surface area contributed by atoms with E-state index < -0.39 is 16.1 Å². The summed E-state index contributed by atoms with van der Waals surface area (Å²) in [6.07, 6.45) is 1.92. The van der Waals surface area contributed by atoms with Gasteiger partial charge < -0.3 is 9.30 Å². The van der Waals surface area contributed by atoms with Gasteiger partial charge in [0, 0.05) is 17.7 Å². The molecule has 8 nitrogen and oxygen atoms in total. The number of fused-ring (bicyclic) bond motifs is 1. The van der Waals surface area contributed by atoms with Gasteiger partial charge in [0.15, 0.2) is 5.65 Å². The van der Waals surface area contributed by atoms with E-state index in [-0.39, 0.29) is 11.5 Å². The molecule has 2 heterocycles. The summed E-state index contributed by atoms with van der Waals surface area (Å²) in [4.78, 5) is 22.0. The molecule has 44 heavy (non-hydrogen) atoms. The van der Waals surface area contributed by atoms with E-state index in [4.69, 9.17) is 14.7 Å². The Morgan fingerprint density at radius 2 is 1.61 bits per heavy atom. The number of pyridine rings is 1. The lowest BCUT2D eigenvalue weighted by molar-refractivity contribution is 0.151. The summed E-state index contributed by atoms with van der Waals surface area (Å²) < 4.78 is 36.2. The number of nitrogens with zero attached hydrogens (tertiary/aromatic N) is 3. The van der Waals surface area contributed by atoms with Crippen LogP contribution in [0.1, 0.15) is 60.5 Å². The average molecular weight is 611 g/mol. The van der Waals surface area contributed by atoms with Gasteiger partial charge in [-0.2, -0.15) is 0 Å². The molecule has 0 aliphatic rings. The molecule has 0 radical (unpaired) electrons. The summed E-state index contributed by atoms with van der Waals surface area (Å²) >= 11 is 0. The maximum Gasteiger partial charge on any atom is 0.421 e. The van der Waals surface area contributed by atoms with Crippen LogP contribution in [-0.4, -0.2) is 35.7 Å². The van der Waals surface area contributed by atoms with Crippen molar-refractivity contribution in [2.24, 2.45) is 0 Å². The molecule has 0 fully saturated rings. The van der Waals surface area contributed by atoms with Crippen molar-refractivity contribution < 1.29 is 17.9 Å². The topological polar surface area (TPSA) is 103 Å². The number of benzene rings is 3. The lowest BCUT2D eigenvalue weighted by Crippen LogP contribution is -2.31. The van der Waals surface area contributed by atoms with E-state index in [0.29, 0.717) is 24.9 Å². The highest BCUT2D eigenvalue weighted by molar-refractivity contribution is 7.90. The van der Waals surface area contributed by atoms with Crippen LogP contribution < -0.4 is 4.72 Å². The molecule has 0 bridgehead atoms. The third kappa shape index (κ3) is 7.00. The van der Waals surface area contributed by atoms with Gasteiger partial charge in [-0.3, -0.25) is 0 Å². The number of amides is 1. The standard InChI is InChI=1S/C35H38N4O4S/c1-5-7-19-43-35(40)38-44(41,42)31-18-15-28(21-26-11-9-8-10-12-26)22-30(31)29-16-13-27(14-17-29)23-39-32(6-2)37-33-24(3)20-25(4)36-34(33)39/h8-18,20,22H,5-7,19,21,23H2,1-4H3,(H,38,40). The van der Waals surface area contributed by atoms with Crippen LogP contribution in [0.4, 0.5) is 4.79 Å². The fourth-order valence-corrected chi connectivity index (χ4v) is 6.44. The molecule has 1 amide bonds. The third-order valence-electron chi connectivity index (χ3n) is 7.56. The number of hydrogen-bond acceptors (Lipinski definition) is 6. The predicted octanol–water partition coefficient (Wildman–Crippen LogP) is 7.13. The van der Waals surface area contributed by atoms with Gasteiger partial charge in [0.1, 0.15) is 11.3 Å². The number of nitrogens with one attached hydrogen (secondary N) is 1. The molecule has 0 aliphatic heterocycles. The summed E-state index contributed by atoms with van der Waals surface area (Å²) in [5.41, 5.74) is 8.15. The van der Waals surface area contributed by atoms with Gasteiger partial charge >= 0.3 is 6.09 Å². The van der Waals surface area contributed by atoms with Gasteiger partial charge in [-0.25, -0.2) is 27.9 Å². The first-order valence-electron chi connectivity index (χ1n) is 15.0. The monoisotopic (exact) mass is 610 g/mol. The van der Waals surface area contributed by atoms with Crippen molar-refractivity contribution in [2.45, 2.75) is 64.8 Å². The lowest BCUT2D eigenvalue weighted by Gasteiger charge is -2.15. The molecule has 9 heteroatoms. The molecule has 0 atom stereocenters. The third-order valence-corrected chi connectivity index (χ3v) is 8.93. The number of unbranched alkanes of at least 4 members (excludes halogenated alkanes) is 1. The van der Waals surface area contributed by atoms with Gasteiger partial charge in [0.25, 0.3) is 10.0 Å². The van der Waals surface area contributed by atoms with Crippen molar-refractivity contribution in [3.63, 3.8) is 0 Å². The second-order valence-corrected chi connectivity index (χ2v) is 12.7. The molecule has 5 aromatic rings. The van der Waals surface area contributed by atoms with Crippen molar-refractivity contribution in [2.75, 3.05) is 6.61 Å². The van der Waals surface area contributed by atoms with Crippen molar-refractivity contribution in [1.82, 2.24) is 19.3 Å². The van der Waals surface area contributed by atoms with Crippen LogP contribution in [0, 0.1) is 13.8 Å². The molecule has 228 valence electrons. The quantitative estimate of drug-likeness (QED) is 0.160. The van der Waals surface area contributed by atoms with Gasteiger partial charge in [-0.1, -0.05) is 80.9 Å². The Bertz CT molecular complexity index is 1880. The number of ether oxygens (including phenoxy) is 1. The fourth-order valence-electron chi connectivity index (χ4n) is 5.34. The van der Waals surface area contributed by atoms with Crippen molar-refractivity contribution in [3.8, 4) is 11.1 Å². The molecule has 0 aliphatic carbocycles. The number of carbonyl (C=O) groups is 1. The van der Waals surface area contributed by atoms with Gasteiger partial charge in [-0.15, -0.1) is 0 Å². The lowest BCUT2D eigenvalue weighted by atomic mass is 9.98. The Labute approximate surface area is 259 Å². The first-order valence-corrected chi connectivity index (χ1v) is 16.5. The average Bonchev–Trinajstić information content (AvgIpc) is 3.35. The van der Waals surface area contributed by atoms with Gasteiger partial charge in [0.05, 0.1) is 18.0 Å². The summed E-state index contributed by atoms with van der Waals surface area (Å²) in [5, 5.41) is 0. The number of imidazole rings is 1. The highest BCUT2D eigenvalue weighted by Crippen LogP contribution is 2.30. The summed E-state index contributed by atoms with van der Waals surface area (Å²) in [7, 11) is -4.20. The van der Waals surface area contributed by atoms with Crippen LogP contribution >= 0.6 is 0 Å². The summed E-state index contributed by atoms with van der Waals surface area (Å²) in [5.74, 6) is 0.962.